The van der Waals surface area contributed by atoms with Crippen molar-refractivity contribution in [2.24, 2.45) is 0 Å². The number of hydrogen-bond acceptors (Lipinski definition) is 2. The van der Waals surface area contributed by atoms with Crippen molar-refractivity contribution in [1.82, 2.24) is 10.5 Å². The predicted octanol–water partition coefficient (Wildman–Crippen LogP) is -1.01. The van der Waals surface area contributed by atoms with Crippen molar-refractivity contribution in [1.29, 1.82) is 0 Å². The molecule has 0 aromatic rings. The van der Waals surface area contributed by atoms with E-state index in [0.29, 0.717) is 0 Å². The maximum Gasteiger partial charge on any atom is 0.304 e. The van der Waals surface area contributed by atoms with Crippen LogP contribution in [0.1, 0.15) is 0 Å². The van der Waals surface area contributed by atoms with E-state index in [2.05, 4.69) is 10.5 Å². The van der Waals surface area contributed by atoms with Crippen LogP contribution in [0.2, 0.25) is 0 Å². The zero-order valence-electron chi connectivity index (χ0n) is 3.59. The van der Waals surface area contributed by atoms with Gasteiger partial charge in [-0.25, -0.2) is 0 Å². The van der Waals surface area contributed by atoms with E-state index in [1.54, 1.807) is 6.08 Å². The third kappa shape index (κ3) is 0.855. The molecule has 0 fully saturated rings. The molecule has 1 radical (unpaired) electrons. The SMILES string of the molecule is O=C1C=CC=[N+]N1. The lowest BCUT2D eigenvalue weighted by molar-refractivity contribution is -0.117. The second kappa shape index (κ2) is 1.55. The highest BCUT2D eigenvalue weighted by Gasteiger charge is 2.02. The summed E-state index contributed by atoms with van der Waals surface area (Å²) in [6.07, 6.45) is 4.51. The van der Waals surface area contributed by atoms with E-state index in [1.165, 1.54) is 12.3 Å². The van der Waals surface area contributed by atoms with Gasteiger partial charge < -0.3 is 0 Å². The van der Waals surface area contributed by atoms with Crippen LogP contribution in [0, 0.1) is 0 Å². The number of rotatable bonds is 0. The largest absolute Gasteiger partial charge is 0.304 e. The van der Waals surface area contributed by atoms with E-state index in [0.717, 1.165) is 0 Å². The summed E-state index contributed by atoms with van der Waals surface area (Å²) in [5, 5.41) is 3.45. The lowest BCUT2D eigenvalue weighted by atomic mass is 10.5. The van der Waals surface area contributed by atoms with Crippen molar-refractivity contribution in [2.45, 2.75) is 0 Å². The molecule has 7 heavy (non-hydrogen) atoms. The molecule has 0 unspecified atom stereocenters. The average Bonchev–Trinajstić information content (AvgIpc) is 1.69. The van der Waals surface area contributed by atoms with Crippen LogP contribution in [0.4, 0.5) is 0 Å². The van der Waals surface area contributed by atoms with Gasteiger partial charge in [-0.1, -0.05) is 5.43 Å². The van der Waals surface area contributed by atoms with Crippen LogP contribution in [-0.2, 0) is 4.79 Å². The van der Waals surface area contributed by atoms with Crippen molar-refractivity contribution in [2.75, 3.05) is 0 Å². The van der Waals surface area contributed by atoms with Gasteiger partial charge in [0, 0.05) is 12.2 Å². The van der Waals surface area contributed by atoms with Gasteiger partial charge in [-0.3, -0.25) is 4.79 Å². The fourth-order valence-corrected chi connectivity index (χ4v) is 0.312. The number of allylic oxidation sites excluding steroid dienone is 1. The molecule has 0 bridgehead atoms. The number of nitrogens with one attached hydrogen (secondary N) is 1. The lowest BCUT2D eigenvalue weighted by Gasteiger charge is -1.79. The zero-order valence-corrected chi connectivity index (χ0v) is 3.59. The first-order valence-corrected chi connectivity index (χ1v) is 1.89. The summed E-state index contributed by atoms with van der Waals surface area (Å²) in [7, 11) is 0. The summed E-state index contributed by atoms with van der Waals surface area (Å²) >= 11 is 0. The summed E-state index contributed by atoms with van der Waals surface area (Å²) in [4.78, 5) is 10.2. The van der Waals surface area contributed by atoms with E-state index in [9.17, 15) is 4.79 Å². The minimum Gasteiger partial charge on any atom is -0.264 e. The van der Waals surface area contributed by atoms with E-state index < -0.39 is 0 Å². The quantitative estimate of drug-likeness (QED) is 0.412. The van der Waals surface area contributed by atoms with Crippen molar-refractivity contribution in [3.05, 3.63) is 12.2 Å². The number of amides is 1. The second-order valence-electron chi connectivity index (χ2n) is 1.11. The molecule has 0 spiro atoms. The highest BCUT2D eigenvalue weighted by molar-refractivity contribution is 5.94. The molecule has 1 amide bonds. The van der Waals surface area contributed by atoms with Crippen molar-refractivity contribution in [3.8, 4) is 0 Å². The van der Waals surface area contributed by atoms with Gasteiger partial charge in [-0.05, 0) is 0 Å². The molecule has 1 rings (SSSR count). The van der Waals surface area contributed by atoms with Gasteiger partial charge in [0.05, 0.1) is 0 Å². The summed E-state index contributed by atoms with van der Waals surface area (Å²) in [6, 6.07) is 0. The van der Waals surface area contributed by atoms with Gasteiger partial charge in [-0.15, -0.1) is 0 Å². The number of carbonyl (C=O) groups is 1. The smallest absolute Gasteiger partial charge is 0.264 e. The molecule has 0 aromatic carbocycles. The number of nitrogens with zero attached hydrogens (tertiary/aromatic N) is 1. The third-order valence-electron chi connectivity index (χ3n) is 0.583. The summed E-state index contributed by atoms with van der Waals surface area (Å²) in [5.41, 5.74) is 2.23. The lowest BCUT2D eigenvalue weighted by Crippen LogP contribution is -2.25. The second-order valence-corrected chi connectivity index (χ2v) is 1.11. The highest BCUT2D eigenvalue weighted by Crippen LogP contribution is 1.69. The maximum absolute atomic E-state index is 10.2. The van der Waals surface area contributed by atoms with Gasteiger partial charge in [0.2, 0.25) is 0 Å². The van der Waals surface area contributed by atoms with Gasteiger partial charge in [0.15, 0.2) is 5.10 Å². The Labute approximate surface area is 40.7 Å². The van der Waals surface area contributed by atoms with Crippen LogP contribution in [0.15, 0.2) is 12.2 Å². The molecular weight excluding hydrogens is 92.1 g/mol. The predicted molar refractivity (Wildman–Crippen MR) is 25.5 cm³/mol. The maximum atomic E-state index is 10.2. The Balaban J connectivity index is 2.66. The molecule has 1 N–H and O–H groups in total. The zero-order chi connectivity index (χ0) is 5.11. The fourth-order valence-electron chi connectivity index (χ4n) is 0.312. The summed E-state index contributed by atoms with van der Waals surface area (Å²) in [6.45, 7) is 0. The molecule has 0 saturated heterocycles. The van der Waals surface area contributed by atoms with Crippen LogP contribution in [0.5, 0.6) is 0 Å². The molecule has 1 aliphatic rings. The molecule has 0 saturated carbocycles. The topological polar surface area (TPSA) is 43.2 Å². The van der Waals surface area contributed by atoms with Gasteiger partial charge in [-0.2, -0.15) is 0 Å². The molecular formula is C4H4N2O+. The van der Waals surface area contributed by atoms with E-state index in [-0.39, 0.29) is 5.91 Å². The van der Waals surface area contributed by atoms with Crippen LogP contribution in [0.3, 0.4) is 0 Å². The minimum absolute atomic E-state index is 0.164. The van der Waals surface area contributed by atoms with Crippen LogP contribution in [0.25, 0.3) is 0 Å². The van der Waals surface area contributed by atoms with Crippen LogP contribution in [-0.4, -0.2) is 12.1 Å². The molecule has 0 aromatic heterocycles. The molecule has 1 heterocycles. The summed E-state index contributed by atoms with van der Waals surface area (Å²) < 4.78 is 0. The number of hydrogen-bond donors (Lipinski definition) is 1. The Hall–Kier alpha value is -1.12. The monoisotopic (exact) mass is 96.0 g/mol. The first kappa shape index (κ1) is 4.05. The standard InChI is InChI=1S/C4H4N2O/c7-4-2-1-3-5-6-4/h1-3H,(H,6,7)/q+1. The molecule has 3 nitrogen and oxygen atoms in total. The first-order valence-electron chi connectivity index (χ1n) is 1.89. The molecule has 3 heteroatoms. The van der Waals surface area contributed by atoms with E-state index >= 15 is 0 Å². The first-order chi connectivity index (χ1) is 3.39. The van der Waals surface area contributed by atoms with E-state index in [4.69, 9.17) is 0 Å². The van der Waals surface area contributed by atoms with Crippen LogP contribution >= 0.6 is 0 Å². The van der Waals surface area contributed by atoms with Crippen molar-refractivity contribution in [3.63, 3.8) is 0 Å². The molecule has 0 atom stereocenters. The van der Waals surface area contributed by atoms with E-state index in [1.807, 2.05) is 0 Å². The molecule has 35 valence electrons. The van der Waals surface area contributed by atoms with Crippen LogP contribution < -0.4 is 10.5 Å². The Bertz CT molecular complexity index is 137. The van der Waals surface area contributed by atoms with Crippen molar-refractivity contribution >= 4 is 12.1 Å². The third-order valence-corrected chi connectivity index (χ3v) is 0.583. The Kier molecular flexibility index (Phi) is 0.898. The van der Waals surface area contributed by atoms with Gasteiger partial charge in [0.25, 0.3) is 6.21 Å². The minimum atomic E-state index is -0.164. The number of carbonyl (C=O) groups excluding carboxylic acids is 1. The summed E-state index contributed by atoms with van der Waals surface area (Å²) in [5.74, 6) is -0.164. The van der Waals surface area contributed by atoms with Gasteiger partial charge in [0.1, 0.15) is 0 Å². The van der Waals surface area contributed by atoms with Gasteiger partial charge >= 0.3 is 5.91 Å². The van der Waals surface area contributed by atoms with Crippen molar-refractivity contribution < 1.29 is 4.79 Å². The normalized spacial score (nSPS) is 16.9. The molecule has 1 aliphatic heterocycles. The fraction of sp³-hybridized carbons (Fsp3) is 0. The highest BCUT2D eigenvalue weighted by atomic mass is 16.2. The molecule has 0 aliphatic carbocycles. The Morgan fingerprint density at radius 1 is 1.71 bits per heavy atom. The Morgan fingerprint density at radius 2 is 2.57 bits per heavy atom. The average molecular weight is 96.1 g/mol. The number of hydrazone groups is 1. The Morgan fingerprint density at radius 3 is 2.86 bits per heavy atom.